The van der Waals surface area contributed by atoms with Crippen molar-refractivity contribution in [1.82, 2.24) is 5.32 Å². The first kappa shape index (κ1) is 13.9. The van der Waals surface area contributed by atoms with Crippen molar-refractivity contribution in [2.75, 3.05) is 19.8 Å². The van der Waals surface area contributed by atoms with Gasteiger partial charge in [-0.1, -0.05) is 0 Å². The Kier molecular flexibility index (Phi) is 4.11. The molecule has 1 atom stereocenters. The first-order valence-electron chi connectivity index (χ1n) is 5.61. The van der Waals surface area contributed by atoms with Crippen molar-refractivity contribution in [3.8, 4) is 0 Å². The summed E-state index contributed by atoms with van der Waals surface area (Å²) in [5.74, 6) is -0.235. The van der Waals surface area contributed by atoms with Crippen molar-refractivity contribution in [1.29, 1.82) is 0 Å². The zero-order chi connectivity index (χ0) is 13.1. The molecular weight excluding hydrogens is 224 g/mol. The van der Waals surface area contributed by atoms with Gasteiger partial charge >= 0.3 is 6.09 Å². The molecular formula is C11H20N2O4. The number of hydrogen-bond donors (Lipinski definition) is 2. The van der Waals surface area contributed by atoms with Gasteiger partial charge in [-0.15, -0.1) is 0 Å². The van der Waals surface area contributed by atoms with E-state index in [0.29, 0.717) is 13.0 Å². The normalized spacial score (nSPS) is 24.5. The zero-order valence-corrected chi connectivity index (χ0v) is 10.5. The van der Waals surface area contributed by atoms with E-state index in [9.17, 15) is 9.59 Å². The number of nitrogens with one attached hydrogen (secondary N) is 1. The molecule has 98 valence electrons. The SMILES string of the molecule is CC(C)(C)OC(=O)NC1(C(=O)CN)CCOC1. The standard InChI is InChI=1S/C11H20N2O4/c1-10(2,3)17-9(15)13-11(8(14)6-12)4-5-16-7-11/h4-7,12H2,1-3H3,(H,13,15). The van der Waals surface area contributed by atoms with Gasteiger partial charge in [0.05, 0.1) is 13.2 Å². The van der Waals surface area contributed by atoms with Crippen LogP contribution in [0.4, 0.5) is 4.79 Å². The van der Waals surface area contributed by atoms with E-state index in [1.54, 1.807) is 20.8 Å². The molecule has 0 aromatic rings. The van der Waals surface area contributed by atoms with E-state index in [1.807, 2.05) is 0 Å². The van der Waals surface area contributed by atoms with Crippen LogP contribution in [-0.2, 0) is 14.3 Å². The molecule has 0 bridgehead atoms. The number of carbonyl (C=O) groups excluding carboxylic acids is 2. The second kappa shape index (κ2) is 5.01. The summed E-state index contributed by atoms with van der Waals surface area (Å²) in [6.07, 6.45) is -0.188. The zero-order valence-electron chi connectivity index (χ0n) is 10.5. The molecule has 1 aliphatic heterocycles. The molecule has 6 heteroatoms. The number of alkyl carbamates (subject to hydrolysis) is 1. The summed E-state index contributed by atoms with van der Waals surface area (Å²) in [6, 6.07) is 0. The maximum Gasteiger partial charge on any atom is 0.408 e. The van der Waals surface area contributed by atoms with E-state index in [1.165, 1.54) is 0 Å². The van der Waals surface area contributed by atoms with Gasteiger partial charge in [0.25, 0.3) is 0 Å². The lowest BCUT2D eigenvalue weighted by atomic mass is 9.93. The van der Waals surface area contributed by atoms with Gasteiger partial charge < -0.3 is 20.5 Å². The Bertz CT molecular complexity index is 303. The molecule has 0 radical (unpaired) electrons. The lowest BCUT2D eigenvalue weighted by Gasteiger charge is -2.28. The van der Waals surface area contributed by atoms with E-state index < -0.39 is 17.2 Å². The predicted molar refractivity (Wildman–Crippen MR) is 61.6 cm³/mol. The number of nitrogens with two attached hydrogens (primary N) is 1. The molecule has 0 aromatic carbocycles. The third-order valence-electron chi connectivity index (χ3n) is 2.48. The second-order valence-electron chi connectivity index (χ2n) is 5.14. The summed E-state index contributed by atoms with van der Waals surface area (Å²) in [6.45, 7) is 5.74. The second-order valence-corrected chi connectivity index (χ2v) is 5.14. The molecule has 17 heavy (non-hydrogen) atoms. The maximum atomic E-state index is 11.8. The van der Waals surface area contributed by atoms with Gasteiger partial charge in [-0.05, 0) is 20.8 Å². The minimum absolute atomic E-state index is 0.126. The average molecular weight is 244 g/mol. The number of ether oxygens (including phenoxy) is 2. The molecule has 6 nitrogen and oxygen atoms in total. The first-order chi connectivity index (χ1) is 7.79. The molecule has 1 fully saturated rings. The average Bonchev–Trinajstić information content (AvgIpc) is 2.63. The van der Waals surface area contributed by atoms with Crippen LogP contribution in [0.1, 0.15) is 27.2 Å². The van der Waals surface area contributed by atoms with Crippen molar-refractivity contribution >= 4 is 11.9 Å². The minimum atomic E-state index is -1.02. The highest BCUT2D eigenvalue weighted by molar-refractivity contribution is 5.93. The number of rotatable bonds is 3. The lowest BCUT2D eigenvalue weighted by molar-refractivity contribution is -0.124. The van der Waals surface area contributed by atoms with Crippen molar-refractivity contribution in [3.63, 3.8) is 0 Å². The highest BCUT2D eigenvalue weighted by atomic mass is 16.6. The van der Waals surface area contributed by atoms with Crippen molar-refractivity contribution in [2.45, 2.75) is 38.3 Å². The smallest absolute Gasteiger partial charge is 0.408 e. The molecule has 0 aromatic heterocycles. The molecule has 0 spiro atoms. The Hall–Kier alpha value is -1.14. The molecule has 1 saturated heterocycles. The Balaban J connectivity index is 2.68. The van der Waals surface area contributed by atoms with Crippen molar-refractivity contribution in [2.24, 2.45) is 5.73 Å². The number of carbonyl (C=O) groups is 2. The summed E-state index contributed by atoms with van der Waals surface area (Å²) in [5.41, 5.74) is 3.73. The number of hydrogen-bond acceptors (Lipinski definition) is 5. The topological polar surface area (TPSA) is 90.7 Å². The van der Waals surface area contributed by atoms with Crippen LogP contribution in [-0.4, -0.2) is 42.8 Å². The molecule has 1 rings (SSSR count). The van der Waals surface area contributed by atoms with Crippen LogP contribution in [0.2, 0.25) is 0 Å². The van der Waals surface area contributed by atoms with Gasteiger partial charge in [-0.25, -0.2) is 4.79 Å². The van der Waals surface area contributed by atoms with Crippen LogP contribution >= 0.6 is 0 Å². The van der Waals surface area contributed by atoms with E-state index in [4.69, 9.17) is 15.2 Å². The quantitative estimate of drug-likeness (QED) is 0.740. The number of ketones is 1. The summed E-state index contributed by atoms with van der Waals surface area (Å²) in [7, 11) is 0. The van der Waals surface area contributed by atoms with Crippen LogP contribution in [0.3, 0.4) is 0 Å². The molecule has 0 aliphatic carbocycles. The summed E-state index contributed by atoms with van der Waals surface area (Å²) < 4.78 is 10.3. The van der Waals surface area contributed by atoms with Crippen molar-refractivity contribution < 1.29 is 19.1 Å². The first-order valence-corrected chi connectivity index (χ1v) is 5.61. The molecule has 0 saturated carbocycles. The highest BCUT2D eigenvalue weighted by Gasteiger charge is 2.43. The molecule has 3 N–H and O–H groups in total. The van der Waals surface area contributed by atoms with Crippen LogP contribution in [0.5, 0.6) is 0 Å². The number of Topliss-reactive ketones (excluding diaryl/α,β-unsaturated/α-hetero) is 1. The van der Waals surface area contributed by atoms with Crippen LogP contribution in [0.25, 0.3) is 0 Å². The number of amides is 1. The fourth-order valence-electron chi connectivity index (χ4n) is 1.65. The van der Waals surface area contributed by atoms with E-state index >= 15 is 0 Å². The third kappa shape index (κ3) is 3.67. The van der Waals surface area contributed by atoms with Gasteiger partial charge in [0, 0.05) is 13.0 Å². The van der Waals surface area contributed by atoms with Gasteiger partial charge in [-0.2, -0.15) is 0 Å². The van der Waals surface area contributed by atoms with E-state index in [2.05, 4.69) is 5.32 Å². The predicted octanol–water partition coefficient (Wildman–Crippen LogP) is 0.198. The van der Waals surface area contributed by atoms with Crippen LogP contribution in [0, 0.1) is 0 Å². The van der Waals surface area contributed by atoms with Gasteiger partial charge in [0.15, 0.2) is 5.78 Å². The van der Waals surface area contributed by atoms with E-state index in [-0.39, 0.29) is 18.9 Å². The molecule has 1 aliphatic rings. The molecule has 1 amide bonds. The molecule has 1 heterocycles. The monoisotopic (exact) mass is 244 g/mol. The van der Waals surface area contributed by atoms with Gasteiger partial charge in [-0.3, -0.25) is 4.79 Å². The maximum absolute atomic E-state index is 11.8. The largest absolute Gasteiger partial charge is 0.444 e. The molecule has 1 unspecified atom stereocenters. The fraction of sp³-hybridized carbons (Fsp3) is 0.818. The van der Waals surface area contributed by atoms with Crippen molar-refractivity contribution in [3.05, 3.63) is 0 Å². The minimum Gasteiger partial charge on any atom is -0.444 e. The fourth-order valence-corrected chi connectivity index (χ4v) is 1.65. The summed E-state index contributed by atoms with van der Waals surface area (Å²) in [5, 5.41) is 2.58. The Labute approximate surface area is 101 Å². The van der Waals surface area contributed by atoms with Crippen LogP contribution < -0.4 is 11.1 Å². The van der Waals surface area contributed by atoms with Gasteiger partial charge in [0.1, 0.15) is 11.1 Å². The summed E-state index contributed by atoms with van der Waals surface area (Å²) >= 11 is 0. The van der Waals surface area contributed by atoms with Crippen LogP contribution in [0.15, 0.2) is 0 Å². The lowest BCUT2D eigenvalue weighted by Crippen LogP contribution is -2.57. The van der Waals surface area contributed by atoms with E-state index in [0.717, 1.165) is 0 Å². The summed E-state index contributed by atoms with van der Waals surface area (Å²) in [4.78, 5) is 23.4. The Morgan fingerprint density at radius 1 is 1.47 bits per heavy atom. The Morgan fingerprint density at radius 2 is 2.12 bits per heavy atom. The van der Waals surface area contributed by atoms with Gasteiger partial charge in [0.2, 0.25) is 0 Å². The highest BCUT2D eigenvalue weighted by Crippen LogP contribution is 2.20. The Morgan fingerprint density at radius 3 is 2.53 bits per heavy atom. The third-order valence-corrected chi connectivity index (χ3v) is 2.48.